The zero-order valence-electron chi connectivity index (χ0n) is 15.1. The molecule has 28 heavy (non-hydrogen) atoms. The molecule has 8 heteroatoms. The van der Waals surface area contributed by atoms with E-state index < -0.39 is 0 Å². The third-order valence-corrected chi connectivity index (χ3v) is 5.41. The lowest BCUT2D eigenvalue weighted by atomic mass is 10.1. The van der Waals surface area contributed by atoms with Gasteiger partial charge in [-0.3, -0.25) is 9.59 Å². The summed E-state index contributed by atoms with van der Waals surface area (Å²) in [6, 6.07) is 12.4. The minimum Gasteiger partial charge on any atom is -0.337 e. The fourth-order valence-corrected chi connectivity index (χ4v) is 3.66. The topological polar surface area (TPSA) is 78.4 Å². The maximum atomic E-state index is 12.8. The summed E-state index contributed by atoms with van der Waals surface area (Å²) < 4.78 is 0. The van der Waals surface area contributed by atoms with E-state index in [1.165, 1.54) is 11.3 Å². The third-order valence-electron chi connectivity index (χ3n) is 4.54. The summed E-state index contributed by atoms with van der Waals surface area (Å²) in [6.07, 6.45) is 3.44. The SMILES string of the molecule is O=C(Nc1ccc(C(=O)N2CCN(c3ncccn3)CC2)cc1)c1cccs1. The highest BCUT2D eigenvalue weighted by molar-refractivity contribution is 7.12. The van der Waals surface area contributed by atoms with Crippen molar-refractivity contribution < 1.29 is 9.59 Å². The Kier molecular flexibility index (Phi) is 5.29. The molecule has 1 fully saturated rings. The standard InChI is InChI=1S/C20H19N5O2S/c26-18(17-3-1-14-28-17)23-16-6-4-15(5-7-16)19(27)24-10-12-25(13-11-24)20-21-8-2-9-22-20/h1-9,14H,10-13H2,(H,23,26). The first-order chi connectivity index (χ1) is 13.7. The van der Waals surface area contributed by atoms with Crippen molar-refractivity contribution in [1.29, 1.82) is 0 Å². The molecule has 2 amide bonds. The van der Waals surface area contributed by atoms with Gasteiger partial charge < -0.3 is 15.1 Å². The van der Waals surface area contributed by atoms with Crippen LogP contribution in [-0.4, -0.2) is 52.9 Å². The van der Waals surface area contributed by atoms with Crippen molar-refractivity contribution in [2.45, 2.75) is 0 Å². The molecule has 0 spiro atoms. The number of thiophene rings is 1. The number of nitrogens with one attached hydrogen (secondary N) is 1. The lowest BCUT2D eigenvalue weighted by molar-refractivity contribution is 0.0746. The van der Waals surface area contributed by atoms with Crippen LogP contribution >= 0.6 is 11.3 Å². The second kappa shape index (κ2) is 8.18. The van der Waals surface area contributed by atoms with E-state index in [4.69, 9.17) is 0 Å². The number of carbonyl (C=O) groups excluding carboxylic acids is 2. The largest absolute Gasteiger partial charge is 0.337 e. The molecule has 0 aliphatic carbocycles. The number of rotatable bonds is 4. The molecule has 0 bridgehead atoms. The van der Waals surface area contributed by atoms with Gasteiger partial charge in [-0.1, -0.05) is 6.07 Å². The van der Waals surface area contributed by atoms with E-state index >= 15 is 0 Å². The summed E-state index contributed by atoms with van der Waals surface area (Å²) in [5, 5.41) is 4.70. The van der Waals surface area contributed by atoms with E-state index in [2.05, 4.69) is 20.2 Å². The van der Waals surface area contributed by atoms with Crippen LogP contribution in [0.5, 0.6) is 0 Å². The smallest absolute Gasteiger partial charge is 0.265 e. The summed E-state index contributed by atoms with van der Waals surface area (Å²) >= 11 is 1.39. The highest BCUT2D eigenvalue weighted by Gasteiger charge is 2.23. The Morgan fingerprint density at radius 2 is 1.64 bits per heavy atom. The number of aromatic nitrogens is 2. The van der Waals surface area contributed by atoms with Gasteiger partial charge in [0.15, 0.2) is 0 Å². The van der Waals surface area contributed by atoms with Gasteiger partial charge in [-0.05, 0) is 41.8 Å². The van der Waals surface area contributed by atoms with Gasteiger partial charge >= 0.3 is 0 Å². The molecule has 4 rings (SSSR count). The van der Waals surface area contributed by atoms with Crippen LogP contribution in [0.1, 0.15) is 20.0 Å². The lowest BCUT2D eigenvalue weighted by Gasteiger charge is -2.34. The minimum absolute atomic E-state index is 0.00948. The molecule has 0 atom stereocenters. The fourth-order valence-electron chi connectivity index (χ4n) is 3.04. The zero-order chi connectivity index (χ0) is 19.3. The molecule has 2 aromatic heterocycles. The van der Waals surface area contributed by atoms with Crippen LogP contribution in [0.25, 0.3) is 0 Å². The van der Waals surface area contributed by atoms with Crippen molar-refractivity contribution in [3.05, 3.63) is 70.7 Å². The molecule has 3 aromatic rings. The summed E-state index contributed by atoms with van der Waals surface area (Å²) in [6.45, 7) is 2.64. The average Bonchev–Trinajstić information content (AvgIpc) is 3.30. The molecule has 0 unspecified atom stereocenters. The zero-order valence-corrected chi connectivity index (χ0v) is 15.9. The van der Waals surface area contributed by atoms with E-state index in [1.54, 1.807) is 48.8 Å². The molecule has 0 radical (unpaired) electrons. The van der Waals surface area contributed by atoms with Crippen molar-refractivity contribution in [2.75, 3.05) is 36.4 Å². The summed E-state index contributed by atoms with van der Waals surface area (Å²) in [7, 11) is 0. The van der Waals surface area contributed by atoms with Crippen LogP contribution in [-0.2, 0) is 0 Å². The van der Waals surface area contributed by atoms with Crippen molar-refractivity contribution in [3.8, 4) is 0 Å². The van der Waals surface area contributed by atoms with Crippen molar-refractivity contribution in [2.24, 2.45) is 0 Å². The first-order valence-electron chi connectivity index (χ1n) is 8.97. The molecule has 7 nitrogen and oxygen atoms in total. The number of benzene rings is 1. The number of carbonyl (C=O) groups is 2. The molecule has 1 N–H and O–H groups in total. The van der Waals surface area contributed by atoms with E-state index in [1.807, 2.05) is 16.3 Å². The number of hydrogen-bond donors (Lipinski definition) is 1. The third kappa shape index (κ3) is 4.01. The van der Waals surface area contributed by atoms with Crippen LogP contribution in [0.4, 0.5) is 11.6 Å². The van der Waals surface area contributed by atoms with Crippen molar-refractivity contribution >= 4 is 34.8 Å². The van der Waals surface area contributed by atoms with Gasteiger partial charge in [0.1, 0.15) is 0 Å². The van der Waals surface area contributed by atoms with Crippen LogP contribution in [0.2, 0.25) is 0 Å². The fraction of sp³-hybridized carbons (Fsp3) is 0.200. The van der Waals surface area contributed by atoms with Crippen LogP contribution in [0.3, 0.4) is 0 Å². The minimum atomic E-state index is -0.145. The van der Waals surface area contributed by atoms with Gasteiger partial charge in [0.25, 0.3) is 11.8 Å². The maximum Gasteiger partial charge on any atom is 0.265 e. The van der Waals surface area contributed by atoms with Crippen LogP contribution < -0.4 is 10.2 Å². The monoisotopic (exact) mass is 393 g/mol. The van der Waals surface area contributed by atoms with E-state index in [0.717, 1.165) is 0 Å². The van der Waals surface area contributed by atoms with Gasteiger partial charge in [0.05, 0.1) is 4.88 Å². The summed E-state index contributed by atoms with van der Waals surface area (Å²) in [5.41, 5.74) is 1.28. The van der Waals surface area contributed by atoms with Crippen LogP contribution in [0, 0.1) is 0 Å². The van der Waals surface area contributed by atoms with E-state index in [0.29, 0.717) is 48.3 Å². The molecule has 3 heterocycles. The Morgan fingerprint density at radius 1 is 0.929 bits per heavy atom. The molecular weight excluding hydrogens is 374 g/mol. The number of hydrogen-bond acceptors (Lipinski definition) is 6. The quantitative estimate of drug-likeness (QED) is 0.737. The van der Waals surface area contributed by atoms with Crippen molar-refractivity contribution in [1.82, 2.24) is 14.9 Å². The molecule has 1 aromatic carbocycles. The van der Waals surface area contributed by atoms with E-state index in [-0.39, 0.29) is 11.8 Å². The lowest BCUT2D eigenvalue weighted by Crippen LogP contribution is -2.49. The molecule has 1 saturated heterocycles. The normalized spacial score (nSPS) is 14.0. The summed E-state index contributed by atoms with van der Waals surface area (Å²) in [5.74, 6) is 0.540. The van der Waals surface area contributed by atoms with Gasteiger partial charge in [0.2, 0.25) is 5.95 Å². The molecule has 1 aliphatic heterocycles. The Bertz CT molecular complexity index is 936. The predicted molar refractivity (Wildman–Crippen MR) is 109 cm³/mol. The average molecular weight is 393 g/mol. The predicted octanol–water partition coefficient (Wildman–Crippen LogP) is 2.75. The number of nitrogens with zero attached hydrogens (tertiary/aromatic N) is 4. The van der Waals surface area contributed by atoms with Crippen molar-refractivity contribution in [3.63, 3.8) is 0 Å². The Morgan fingerprint density at radius 3 is 2.29 bits per heavy atom. The molecule has 142 valence electrons. The van der Waals surface area contributed by atoms with Gasteiger partial charge in [-0.25, -0.2) is 9.97 Å². The highest BCUT2D eigenvalue weighted by Crippen LogP contribution is 2.17. The first-order valence-corrected chi connectivity index (χ1v) is 9.85. The summed E-state index contributed by atoms with van der Waals surface area (Å²) in [4.78, 5) is 37.9. The molecular formula is C20H19N5O2S. The van der Waals surface area contributed by atoms with Crippen LogP contribution in [0.15, 0.2) is 60.2 Å². The number of amides is 2. The number of anilines is 2. The second-order valence-corrected chi connectivity index (χ2v) is 7.28. The highest BCUT2D eigenvalue weighted by atomic mass is 32.1. The Balaban J connectivity index is 1.34. The first kappa shape index (κ1) is 18.1. The van der Waals surface area contributed by atoms with Gasteiger partial charge in [0, 0.05) is 49.8 Å². The maximum absolute atomic E-state index is 12.8. The van der Waals surface area contributed by atoms with Gasteiger partial charge in [-0.15, -0.1) is 11.3 Å². The number of piperazine rings is 1. The Hall–Kier alpha value is -3.26. The second-order valence-electron chi connectivity index (χ2n) is 6.34. The van der Waals surface area contributed by atoms with Gasteiger partial charge in [-0.2, -0.15) is 0 Å². The molecule has 1 aliphatic rings. The Labute approximate surface area is 166 Å². The van der Waals surface area contributed by atoms with E-state index in [9.17, 15) is 9.59 Å². The molecule has 0 saturated carbocycles.